The average molecular weight is 254 g/mol. The highest BCUT2D eigenvalue weighted by atomic mass is 16.4. The highest BCUT2D eigenvalue weighted by molar-refractivity contribution is 5.73. The van der Waals surface area contributed by atoms with Crippen LogP contribution in [0.1, 0.15) is 30.9 Å². The molecule has 0 unspecified atom stereocenters. The van der Waals surface area contributed by atoms with Gasteiger partial charge in [-0.25, -0.2) is 0 Å². The fraction of sp³-hybridized carbons (Fsp3) is 0.235. The van der Waals surface area contributed by atoms with Crippen LogP contribution >= 0.6 is 0 Å². The number of benzene rings is 2. The van der Waals surface area contributed by atoms with E-state index in [-0.39, 0.29) is 6.42 Å². The van der Waals surface area contributed by atoms with Gasteiger partial charge in [-0.1, -0.05) is 62.4 Å². The zero-order valence-corrected chi connectivity index (χ0v) is 11.3. The molecule has 0 radical (unpaired) electrons. The maximum absolute atomic E-state index is 10.8. The van der Waals surface area contributed by atoms with E-state index in [1.165, 1.54) is 11.1 Å². The van der Waals surface area contributed by atoms with Crippen LogP contribution in [0, 0.1) is 0 Å². The molecule has 0 aliphatic heterocycles. The normalized spacial score (nSPS) is 10.7. The Kier molecular flexibility index (Phi) is 4.00. The van der Waals surface area contributed by atoms with E-state index >= 15 is 0 Å². The van der Waals surface area contributed by atoms with Gasteiger partial charge in [-0.3, -0.25) is 4.79 Å². The van der Waals surface area contributed by atoms with Gasteiger partial charge in [0, 0.05) is 0 Å². The van der Waals surface area contributed by atoms with Crippen LogP contribution in [0.4, 0.5) is 0 Å². The van der Waals surface area contributed by atoms with Crippen LogP contribution in [0.5, 0.6) is 0 Å². The molecule has 0 aliphatic carbocycles. The third-order valence-corrected chi connectivity index (χ3v) is 3.18. The molecule has 0 aromatic heterocycles. The molecule has 0 bridgehead atoms. The van der Waals surface area contributed by atoms with Crippen molar-refractivity contribution < 1.29 is 9.90 Å². The molecule has 2 nitrogen and oxygen atoms in total. The van der Waals surface area contributed by atoms with E-state index in [4.69, 9.17) is 5.11 Å². The Morgan fingerprint density at radius 2 is 1.84 bits per heavy atom. The molecule has 2 heteroatoms. The summed E-state index contributed by atoms with van der Waals surface area (Å²) in [5, 5.41) is 8.87. The van der Waals surface area contributed by atoms with Crippen LogP contribution in [0.2, 0.25) is 0 Å². The molecule has 0 atom stereocenters. The SMILES string of the molecule is CC(C)c1ccccc1-c1cccc(CC(=O)O)c1. The van der Waals surface area contributed by atoms with Crippen LogP contribution in [-0.2, 0) is 11.2 Å². The molecule has 2 rings (SSSR count). The van der Waals surface area contributed by atoms with Gasteiger partial charge < -0.3 is 5.11 Å². The largest absolute Gasteiger partial charge is 0.481 e. The third-order valence-electron chi connectivity index (χ3n) is 3.18. The van der Waals surface area contributed by atoms with Crippen molar-refractivity contribution in [3.05, 3.63) is 59.7 Å². The molecule has 19 heavy (non-hydrogen) atoms. The van der Waals surface area contributed by atoms with Crippen LogP contribution in [0.3, 0.4) is 0 Å². The lowest BCUT2D eigenvalue weighted by Crippen LogP contribution is -2.00. The molecule has 0 amide bonds. The predicted octanol–water partition coefficient (Wildman–Crippen LogP) is 4.10. The zero-order chi connectivity index (χ0) is 13.8. The van der Waals surface area contributed by atoms with Crippen LogP contribution in [0.15, 0.2) is 48.5 Å². The molecular weight excluding hydrogens is 236 g/mol. The first-order valence-electron chi connectivity index (χ1n) is 6.48. The first-order chi connectivity index (χ1) is 9.08. The van der Waals surface area contributed by atoms with E-state index in [2.05, 4.69) is 26.0 Å². The molecule has 0 aliphatic rings. The summed E-state index contributed by atoms with van der Waals surface area (Å²) in [4.78, 5) is 10.8. The molecule has 2 aromatic rings. The molecule has 98 valence electrons. The molecule has 0 heterocycles. The van der Waals surface area contributed by atoms with Crippen molar-refractivity contribution in [3.63, 3.8) is 0 Å². The number of aliphatic carboxylic acids is 1. The highest BCUT2D eigenvalue weighted by Crippen LogP contribution is 2.29. The first kappa shape index (κ1) is 13.3. The van der Waals surface area contributed by atoms with Crippen LogP contribution in [-0.4, -0.2) is 11.1 Å². The second-order valence-electron chi connectivity index (χ2n) is 5.01. The Labute approximate surface area is 113 Å². The van der Waals surface area contributed by atoms with Crippen molar-refractivity contribution in [2.24, 2.45) is 0 Å². The fourth-order valence-electron chi connectivity index (χ4n) is 2.29. The minimum absolute atomic E-state index is 0.0671. The smallest absolute Gasteiger partial charge is 0.307 e. The lowest BCUT2D eigenvalue weighted by molar-refractivity contribution is -0.136. The molecule has 0 saturated carbocycles. The number of carboxylic acid groups (broad SMARTS) is 1. The number of hydrogen-bond acceptors (Lipinski definition) is 1. The number of hydrogen-bond donors (Lipinski definition) is 1. The summed E-state index contributed by atoms with van der Waals surface area (Å²) < 4.78 is 0. The maximum Gasteiger partial charge on any atom is 0.307 e. The summed E-state index contributed by atoms with van der Waals surface area (Å²) in [6.07, 6.45) is 0.0671. The summed E-state index contributed by atoms with van der Waals surface area (Å²) in [5.74, 6) is -0.353. The van der Waals surface area contributed by atoms with Gasteiger partial charge in [0.2, 0.25) is 0 Å². The quantitative estimate of drug-likeness (QED) is 0.891. The number of carboxylic acids is 1. The Hall–Kier alpha value is -2.09. The number of rotatable bonds is 4. The van der Waals surface area contributed by atoms with Crippen LogP contribution in [0.25, 0.3) is 11.1 Å². The molecular formula is C17H18O2. The van der Waals surface area contributed by atoms with Crippen molar-refractivity contribution in [1.29, 1.82) is 0 Å². The molecule has 2 aromatic carbocycles. The van der Waals surface area contributed by atoms with Gasteiger partial charge in [-0.15, -0.1) is 0 Å². The Morgan fingerprint density at radius 3 is 2.53 bits per heavy atom. The molecule has 0 saturated heterocycles. The standard InChI is InChI=1S/C17H18O2/c1-12(2)15-8-3-4-9-16(15)14-7-5-6-13(10-14)11-17(18)19/h3-10,12H,11H2,1-2H3,(H,18,19). The highest BCUT2D eigenvalue weighted by Gasteiger charge is 2.09. The van der Waals surface area contributed by atoms with Crippen molar-refractivity contribution >= 4 is 5.97 Å². The Balaban J connectivity index is 2.44. The van der Waals surface area contributed by atoms with Crippen molar-refractivity contribution in [2.75, 3.05) is 0 Å². The van der Waals surface area contributed by atoms with E-state index in [1.54, 1.807) is 0 Å². The van der Waals surface area contributed by atoms with E-state index in [0.717, 1.165) is 11.1 Å². The second kappa shape index (κ2) is 5.70. The second-order valence-corrected chi connectivity index (χ2v) is 5.01. The van der Waals surface area contributed by atoms with Crippen molar-refractivity contribution in [2.45, 2.75) is 26.2 Å². The topological polar surface area (TPSA) is 37.3 Å². The molecule has 0 fully saturated rings. The fourth-order valence-corrected chi connectivity index (χ4v) is 2.29. The molecule has 1 N–H and O–H groups in total. The van der Waals surface area contributed by atoms with Gasteiger partial charge in [0.05, 0.1) is 6.42 Å². The van der Waals surface area contributed by atoms with E-state index in [0.29, 0.717) is 5.92 Å². The minimum atomic E-state index is -0.797. The Morgan fingerprint density at radius 1 is 1.11 bits per heavy atom. The van der Waals surface area contributed by atoms with Gasteiger partial charge in [0.1, 0.15) is 0 Å². The zero-order valence-electron chi connectivity index (χ0n) is 11.3. The summed E-state index contributed by atoms with van der Waals surface area (Å²) in [6.45, 7) is 4.33. The van der Waals surface area contributed by atoms with Crippen molar-refractivity contribution in [1.82, 2.24) is 0 Å². The summed E-state index contributed by atoms with van der Waals surface area (Å²) in [6, 6.07) is 16.1. The minimum Gasteiger partial charge on any atom is -0.481 e. The van der Waals surface area contributed by atoms with E-state index in [1.807, 2.05) is 36.4 Å². The lowest BCUT2D eigenvalue weighted by Gasteiger charge is -2.13. The van der Waals surface area contributed by atoms with Gasteiger partial charge in [-0.05, 0) is 28.2 Å². The number of carbonyl (C=O) groups is 1. The Bertz CT molecular complexity index is 585. The monoisotopic (exact) mass is 254 g/mol. The summed E-state index contributed by atoms with van der Waals surface area (Å²) in [5.41, 5.74) is 4.39. The van der Waals surface area contributed by atoms with Gasteiger partial charge >= 0.3 is 5.97 Å². The predicted molar refractivity (Wildman–Crippen MR) is 77.3 cm³/mol. The van der Waals surface area contributed by atoms with Gasteiger partial charge in [0.15, 0.2) is 0 Å². The van der Waals surface area contributed by atoms with Gasteiger partial charge in [-0.2, -0.15) is 0 Å². The van der Waals surface area contributed by atoms with E-state index < -0.39 is 5.97 Å². The average Bonchev–Trinajstić information content (AvgIpc) is 2.38. The first-order valence-corrected chi connectivity index (χ1v) is 6.48. The third kappa shape index (κ3) is 3.22. The maximum atomic E-state index is 10.8. The lowest BCUT2D eigenvalue weighted by atomic mass is 9.92. The summed E-state index contributed by atoms with van der Waals surface area (Å²) >= 11 is 0. The van der Waals surface area contributed by atoms with E-state index in [9.17, 15) is 4.79 Å². The van der Waals surface area contributed by atoms with Crippen LogP contribution < -0.4 is 0 Å². The molecule has 0 spiro atoms. The van der Waals surface area contributed by atoms with Crippen molar-refractivity contribution in [3.8, 4) is 11.1 Å². The van der Waals surface area contributed by atoms with Gasteiger partial charge in [0.25, 0.3) is 0 Å². The summed E-state index contributed by atoms with van der Waals surface area (Å²) in [7, 11) is 0.